The van der Waals surface area contributed by atoms with Crippen LogP contribution in [0.1, 0.15) is 16.1 Å². The highest BCUT2D eigenvalue weighted by atomic mass is 19.4. The van der Waals surface area contributed by atoms with Crippen LogP contribution in [0.5, 0.6) is 0 Å². The molecule has 4 aromatic rings. The lowest BCUT2D eigenvalue weighted by Gasteiger charge is -2.35. The second kappa shape index (κ2) is 11.2. The maximum absolute atomic E-state index is 13.8. The number of anilines is 2. The van der Waals surface area contributed by atoms with Crippen LogP contribution in [0.4, 0.5) is 24.7 Å². The first-order chi connectivity index (χ1) is 18.8. The Balaban J connectivity index is 1.30. The molecule has 0 bridgehead atoms. The van der Waals surface area contributed by atoms with Gasteiger partial charge in [-0.15, -0.1) is 0 Å². The van der Waals surface area contributed by atoms with Gasteiger partial charge in [0.25, 0.3) is 5.91 Å². The van der Waals surface area contributed by atoms with Gasteiger partial charge in [0.15, 0.2) is 0 Å². The molecule has 0 atom stereocenters. The Labute approximate surface area is 222 Å². The summed E-state index contributed by atoms with van der Waals surface area (Å²) in [4.78, 5) is 25.4. The van der Waals surface area contributed by atoms with Crippen molar-refractivity contribution in [2.75, 3.05) is 49.5 Å². The van der Waals surface area contributed by atoms with Gasteiger partial charge in [-0.3, -0.25) is 14.7 Å². The molecule has 0 aliphatic carbocycles. The Kier molecular flexibility index (Phi) is 7.57. The van der Waals surface area contributed by atoms with Crippen molar-refractivity contribution < 1.29 is 23.1 Å². The van der Waals surface area contributed by atoms with Gasteiger partial charge in [0.2, 0.25) is 0 Å². The molecule has 4 heterocycles. The highest BCUT2D eigenvalue weighted by Gasteiger charge is 2.36. The SMILES string of the molecule is O=C(Nc1ccc(-n2nc(-c3cccnc3)cc2C(F)(F)F)cn1)c1cccc(N2CCN(CCO)CC2)c1. The Hall–Kier alpha value is -4.29. The van der Waals surface area contributed by atoms with E-state index in [1.165, 1.54) is 30.7 Å². The molecule has 3 aromatic heterocycles. The third-order valence-electron chi connectivity index (χ3n) is 6.45. The highest BCUT2D eigenvalue weighted by Crippen LogP contribution is 2.34. The number of hydrogen-bond acceptors (Lipinski definition) is 7. The molecule has 39 heavy (non-hydrogen) atoms. The van der Waals surface area contributed by atoms with E-state index in [4.69, 9.17) is 5.11 Å². The summed E-state index contributed by atoms with van der Waals surface area (Å²) < 4.78 is 42.0. The van der Waals surface area contributed by atoms with Gasteiger partial charge in [0.05, 0.1) is 24.2 Å². The number of hydrogen-bond donors (Lipinski definition) is 2. The fraction of sp³-hybridized carbons (Fsp3) is 0.259. The zero-order valence-electron chi connectivity index (χ0n) is 20.8. The van der Waals surface area contributed by atoms with Crippen LogP contribution in [0.2, 0.25) is 0 Å². The number of aromatic nitrogens is 4. The van der Waals surface area contributed by atoms with Gasteiger partial charge < -0.3 is 15.3 Å². The van der Waals surface area contributed by atoms with Crippen molar-refractivity contribution in [3.8, 4) is 16.9 Å². The smallest absolute Gasteiger partial charge is 0.395 e. The van der Waals surface area contributed by atoms with Gasteiger partial charge >= 0.3 is 6.18 Å². The molecule has 1 aliphatic rings. The maximum atomic E-state index is 13.8. The van der Waals surface area contributed by atoms with E-state index < -0.39 is 11.9 Å². The summed E-state index contributed by atoms with van der Waals surface area (Å²) in [6.07, 6.45) is -0.445. The summed E-state index contributed by atoms with van der Waals surface area (Å²) in [6.45, 7) is 3.98. The topological polar surface area (TPSA) is 99.4 Å². The predicted octanol–water partition coefficient (Wildman–Crippen LogP) is 3.71. The minimum atomic E-state index is -4.64. The molecule has 9 nitrogen and oxygen atoms in total. The van der Waals surface area contributed by atoms with Crippen molar-refractivity contribution in [2.24, 2.45) is 0 Å². The number of amides is 1. The molecule has 0 saturated carbocycles. The zero-order valence-corrected chi connectivity index (χ0v) is 20.8. The zero-order chi connectivity index (χ0) is 27.4. The average molecular weight is 538 g/mol. The van der Waals surface area contributed by atoms with Crippen LogP contribution in [-0.2, 0) is 6.18 Å². The van der Waals surface area contributed by atoms with E-state index in [1.54, 1.807) is 30.3 Å². The molecule has 2 N–H and O–H groups in total. The molecule has 1 aromatic carbocycles. The lowest BCUT2D eigenvalue weighted by atomic mass is 10.1. The molecule has 5 rings (SSSR count). The molecule has 0 radical (unpaired) electrons. The molecule has 1 saturated heterocycles. The molecule has 1 fully saturated rings. The van der Waals surface area contributed by atoms with Gasteiger partial charge in [-0.2, -0.15) is 18.3 Å². The Bertz CT molecular complexity index is 1420. The predicted molar refractivity (Wildman–Crippen MR) is 140 cm³/mol. The summed E-state index contributed by atoms with van der Waals surface area (Å²) >= 11 is 0. The summed E-state index contributed by atoms with van der Waals surface area (Å²) in [5.74, 6) is -0.190. The van der Waals surface area contributed by atoms with Crippen LogP contribution in [0.25, 0.3) is 16.9 Å². The van der Waals surface area contributed by atoms with E-state index in [-0.39, 0.29) is 29.7 Å². The summed E-state index contributed by atoms with van der Waals surface area (Å²) in [6, 6.07) is 14.3. The quantitative estimate of drug-likeness (QED) is 0.371. The molecule has 0 unspecified atom stereocenters. The fourth-order valence-electron chi connectivity index (χ4n) is 4.42. The summed E-state index contributed by atoms with van der Waals surface area (Å²) in [5, 5.41) is 16.0. The normalized spacial score (nSPS) is 14.4. The fourth-order valence-corrected chi connectivity index (χ4v) is 4.42. The largest absolute Gasteiger partial charge is 0.433 e. The number of nitrogens with zero attached hydrogens (tertiary/aromatic N) is 6. The number of nitrogens with one attached hydrogen (secondary N) is 1. The van der Waals surface area contributed by atoms with E-state index >= 15 is 0 Å². The van der Waals surface area contributed by atoms with E-state index in [1.807, 2.05) is 6.07 Å². The van der Waals surface area contributed by atoms with Crippen molar-refractivity contribution in [1.29, 1.82) is 0 Å². The minimum Gasteiger partial charge on any atom is -0.395 e. The molecular formula is C27H26F3N7O2. The molecule has 0 spiro atoms. The number of halogens is 3. The molecule has 12 heteroatoms. The number of alkyl halides is 3. The Morgan fingerprint density at radius 1 is 0.974 bits per heavy atom. The van der Waals surface area contributed by atoms with Crippen molar-refractivity contribution in [1.82, 2.24) is 24.6 Å². The first kappa shape index (κ1) is 26.3. The summed E-state index contributed by atoms with van der Waals surface area (Å²) in [7, 11) is 0. The highest BCUT2D eigenvalue weighted by molar-refractivity contribution is 6.04. The van der Waals surface area contributed by atoms with Crippen LogP contribution < -0.4 is 10.2 Å². The van der Waals surface area contributed by atoms with Crippen molar-refractivity contribution in [3.63, 3.8) is 0 Å². The van der Waals surface area contributed by atoms with Gasteiger partial charge in [-0.1, -0.05) is 6.07 Å². The van der Waals surface area contributed by atoms with Gasteiger partial charge in [-0.25, -0.2) is 9.67 Å². The third-order valence-corrected chi connectivity index (χ3v) is 6.45. The van der Waals surface area contributed by atoms with Crippen LogP contribution >= 0.6 is 0 Å². The van der Waals surface area contributed by atoms with Crippen molar-refractivity contribution in [3.05, 3.63) is 84.4 Å². The standard InChI is InChI=1S/C27H26F3N7O2/c28-27(29,30)24-16-23(20-4-2-8-31-17-20)34-37(24)22-6-7-25(32-18-22)33-26(39)19-3-1-5-21(15-19)36-11-9-35(10-12-36)13-14-38/h1-8,15-18,38H,9-14H2,(H,32,33,39). The van der Waals surface area contributed by atoms with Crippen LogP contribution in [0.3, 0.4) is 0 Å². The molecular weight excluding hydrogens is 511 g/mol. The van der Waals surface area contributed by atoms with Crippen LogP contribution in [0, 0.1) is 0 Å². The second-order valence-electron chi connectivity index (χ2n) is 9.02. The number of rotatable bonds is 7. The number of aliphatic hydroxyl groups excluding tert-OH is 1. The van der Waals surface area contributed by atoms with Gasteiger partial charge in [0, 0.05) is 61.9 Å². The molecule has 1 amide bonds. The van der Waals surface area contributed by atoms with E-state index in [0.717, 1.165) is 42.6 Å². The van der Waals surface area contributed by atoms with E-state index in [9.17, 15) is 18.0 Å². The third kappa shape index (κ3) is 6.07. The number of pyridine rings is 2. The average Bonchev–Trinajstić information content (AvgIpc) is 3.41. The lowest BCUT2D eigenvalue weighted by Crippen LogP contribution is -2.47. The number of carbonyl (C=O) groups is 1. The van der Waals surface area contributed by atoms with Crippen molar-refractivity contribution >= 4 is 17.4 Å². The second-order valence-corrected chi connectivity index (χ2v) is 9.02. The number of β-amino-alcohol motifs (C(OH)–C–C–N with tert-alkyl or cyclic N) is 1. The number of benzene rings is 1. The Morgan fingerprint density at radius 3 is 2.46 bits per heavy atom. The first-order valence-electron chi connectivity index (χ1n) is 12.4. The van der Waals surface area contributed by atoms with E-state index in [0.29, 0.717) is 17.7 Å². The monoisotopic (exact) mass is 537 g/mol. The summed E-state index contributed by atoms with van der Waals surface area (Å²) in [5.41, 5.74) is 1.07. The van der Waals surface area contributed by atoms with Gasteiger partial charge in [-0.05, 0) is 48.5 Å². The van der Waals surface area contributed by atoms with E-state index in [2.05, 4.69) is 30.2 Å². The number of aliphatic hydroxyl groups is 1. The lowest BCUT2D eigenvalue weighted by molar-refractivity contribution is -0.142. The Morgan fingerprint density at radius 2 is 1.79 bits per heavy atom. The maximum Gasteiger partial charge on any atom is 0.433 e. The molecule has 1 aliphatic heterocycles. The number of carbonyl (C=O) groups excluding carboxylic acids is 1. The van der Waals surface area contributed by atoms with Gasteiger partial charge in [0.1, 0.15) is 11.5 Å². The van der Waals surface area contributed by atoms with Crippen LogP contribution in [-0.4, -0.2) is 75.0 Å². The number of piperazine rings is 1. The first-order valence-corrected chi connectivity index (χ1v) is 12.4. The minimum absolute atomic E-state index is 0.0952. The molecule has 202 valence electrons. The van der Waals surface area contributed by atoms with Crippen LogP contribution in [0.15, 0.2) is 73.2 Å². The van der Waals surface area contributed by atoms with Crippen molar-refractivity contribution in [2.45, 2.75) is 6.18 Å².